The standard InChI is InChI=1S/C20H32N2O/c1-6-12-23-18-10-11-19-20(13-18)22(15(4)17-8-7-9-17)16(5)21(19)14(2)3/h10-11,13-17H,6-9,12H2,1-5H3. The monoisotopic (exact) mass is 316 g/mol. The van der Waals surface area contributed by atoms with Crippen LogP contribution in [0.5, 0.6) is 5.75 Å². The van der Waals surface area contributed by atoms with E-state index in [4.69, 9.17) is 4.74 Å². The number of hydrogen-bond acceptors (Lipinski definition) is 3. The lowest BCUT2D eigenvalue weighted by atomic mass is 9.79. The SMILES string of the molecule is CCCOc1ccc2c(c1)N(C(C)C1CCC1)C(C)N2C(C)C. The van der Waals surface area contributed by atoms with Crippen LogP contribution in [0.1, 0.15) is 60.3 Å². The topological polar surface area (TPSA) is 15.7 Å². The van der Waals surface area contributed by atoms with Crippen molar-refractivity contribution in [2.24, 2.45) is 5.92 Å². The van der Waals surface area contributed by atoms with Crippen LogP contribution in [0.4, 0.5) is 11.4 Å². The van der Waals surface area contributed by atoms with Crippen molar-refractivity contribution in [1.82, 2.24) is 0 Å². The first-order valence-electron chi connectivity index (χ1n) is 9.38. The molecule has 2 unspecified atom stereocenters. The molecule has 3 heteroatoms. The molecule has 0 amide bonds. The van der Waals surface area contributed by atoms with Gasteiger partial charge in [0.25, 0.3) is 0 Å². The first-order valence-corrected chi connectivity index (χ1v) is 9.38. The van der Waals surface area contributed by atoms with Crippen LogP contribution in [0.25, 0.3) is 0 Å². The summed E-state index contributed by atoms with van der Waals surface area (Å²) < 4.78 is 5.90. The Morgan fingerprint density at radius 3 is 2.43 bits per heavy atom. The van der Waals surface area contributed by atoms with Gasteiger partial charge < -0.3 is 14.5 Å². The van der Waals surface area contributed by atoms with E-state index >= 15 is 0 Å². The summed E-state index contributed by atoms with van der Waals surface area (Å²) in [4.78, 5) is 5.19. The van der Waals surface area contributed by atoms with Crippen LogP contribution < -0.4 is 14.5 Å². The lowest BCUT2D eigenvalue weighted by Crippen LogP contribution is -2.51. The van der Waals surface area contributed by atoms with Crippen LogP contribution in [0.15, 0.2) is 18.2 Å². The van der Waals surface area contributed by atoms with Crippen molar-refractivity contribution in [1.29, 1.82) is 0 Å². The third-order valence-corrected chi connectivity index (χ3v) is 5.61. The van der Waals surface area contributed by atoms with Gasteiger partial charge in [0.05, 0.1) is 24.1 Å². The van der Waals surface area contributed by atoms with Crippen LogP contribution in [-0.4, -0.2) is 24.9 Å². The number of rotatable bonds is 6. The van der Waals surface area contributed by atoms with Crippen molar-refractivity contribution < 1.29 is 4.74 Å². The molecular weight excluding hydrogens is 284 g/mol. The number of benzene rings is 1. The number of fused-ring (bicyclic) bond motifs is 1. The maximum absolute atomic E-state index is 5.90. The summed E-state index contributed by atoms with van der Waals surface area (Å²) in [6.45, 7) is 12.3. The molecule has 0 bridgehead atoms. The van der Waals surface area contributed by atoms with Gasteiger partial charge in [-0.2, -0.15) is 0 Å². The number of hydrogen-bond donors (Lipinski definition) is 0. The van der Waals surface area contributed by atoms with Crippen molar-refractivity contribution >= 4 is 11.4 Å². The Morgan fingerprint density at radius 2 is 1.87 bits per heavy atom. The van der Waals surface area contributed by atoms with E-state index in [1.165, 1.54) is 30.6 Å². The van der Waals surface area contributed by atoms with Gasteiger partial charge in [-0.1, -0.05) is 13.3 Å². The second kappa shape index (κ2) is 6.62. The Kier molecular flexibility index (Phi) is 4.74. The predicted molar refractivity (Wildman–Crippen MR) is 98.6 cm³/mol. The zero-order valence-electron chi connectivity index (χ0n) is 15.4. The van der Waals surface area contributed by atoms with E-state index in [1.54, 1.807) is 0 Å². The highest BCUT2D eigenvalue weighted by Crippen LogP contribution is 2.46. The molecule has 23 heavy (non-hydrogen) atoms. The molecule has 0 spiro atoms. The fourth-order valence-corrected chi connectivity index (χ4v) is 4.19. The lowest BCUT2D eigenvalue weighted by Gasteiger charge is -2.42. The van der Waals surface area contributed by atoms with E-state index in [1.807, 2.05) is 0 Å². The fourth-order valence-electron chi connectivity index (χ4n) is 4.19. The lowest BCUT2D eigenvalue weighted by molar-refractivity contribution is 0.256. The summed E-state index contributed by atoms with van der Waals surface area (Å²) in [6.07, 6.45) is 5.63. The molecular formula is C20H32N2O. The Labute approximate surface area is 141 Å². The number of ether oxygens (including phenoxy) is 1. The average Bonchev–Trinajstić information content (AvgIpc) is 2.74. The van der Waals surface area contributed by atoms with Crippen molar-refractivity contribution in [2.45, 2.75) is 78.6 Å². The molecule has 1 aromatic rings. The average molecular weight is 316 g/mol. The van der Waals surface area contributed by atoms with E-state index in [0.29, 0.717) is 18.2 Å². The summed E-state index contributed by atoms with van der Waals surface area (Å²) in [5, 5.41) is 0. The molecule has 1 aromatic carbocycles. The Bertz CT molecular complexity index is 538. The van der Waals surface area contributed by atoms with Crippen LogP contribution in [0.2, 0.25) is 0 Å². The second-order valence-electron chi connectivity index (χ2n) is 7.47. The Hall–Kier alpha value is -1.38. The maximum Gasteiger partial charge on any atom is 0.121 e. The molecule has 0 aromatic heterocycles. The number of anilines is 2. The van der Waals surface area contributed by atoms with Gasteiger partial charge in [-0.05, 0) is 65.0 Å². The Morgan fingerprint density at radius 1 is 1.13 bits per heavy atom. The van der Waals surface area contributed by atoms with E-state index < -0.39 is 0 Å². The molecule has 2 atom stereocenters. The van der Waals surface area contributed by atoms with E-state index in [2.05, 4.69) is 62.6 Å². The molecule has 0 N–H and O–H groups in total. The van der Waals surface area contributed by atoms with Gasteiger partial charge >= 0.3 is 0 Å². The minimum atomic E-state index is 0.419. The summed E-state index contributed by atoms with van der Waals surface area (Å²) in [5.74, 6) is 1.85. The zero-order chi connectivity index (χ0) is 16.6. The molecule has 1 aliphatic carbocycles. The molecule has 0 radical (unpaired) electrons. The van der Waals surface area contributed by atoms with Gasteiger partial charge in [-0.3, -0.25) is 0 Å². The highest BCUT2D eigenvalue weighted by molar-refractivity contribution is 5.79. The van der Waals surface area contributed by atoms with Crippen LogP contribution in [0, 0.1) is 5.92 Å². The molecule has 1 fully saturated rings. The predicted octanol–water partition coefficient (Wildman–Crippen LogP) is 5.04. The van der Waals surface area contributed by atoms with E-state index in [9.17, 15) is 0 Å². The van der Waals surface area contributed by atoms with Crippen LogP contribution in [-0.2, 0) is 0 Å². The second-order valence-corrected chi connectivity index (χ2v) is 7.47. The molecule has 3 rings (SSSR count). The largest absolute Gasteiger partial charge is 0.494 e. The van der Waals surface area contributed by atoms with Gasteiger partial charge in [0, 0.05) is 18.2 Å². The maximum atomic E-state index is 5.90. The third-order valence-electron chi connectivity index (χ3n) is 5.61. The Balaban J connectivity index is 1.94. The van der Waals surface area contributed by atoms with E-state index in [-0.39, 0.29) is 0 Å². The van der Waals surface area contributed by atoms with Crippen molar-refractivity contribution in [2.75, 3.05) is 16.4 Å². The molecule has 0 saturated heterocycles. The highest BCUT2D eigenvalue weighted by atomic mass is 16.5. The summed E-state index contributed by atoms with van der Waals surface area (Å²) in [6, 6.07) is 7.75. The van der Waals surface area contributed by atoms with Crippen LogP contribution in [0.3, 0.4) is 0 Å². The highest BCUT2D eigenvalue weighted by Gasteiger charge is 2.40. The quantitative estimate of drug-likeness (QED) is 0.731. The molecule has 1 aliphatic heterocycles. The van der Waals surface area contributed by atoms with E-state index in [0.717, 1.165) is 24.7 Å². The summed E-state index contributed by atoms with van der Waals surface area (Å²) in [5.41, 5.74) is 2.72. The van der Waals surface area contributed by atoms with Gasteiger partial charge in [0.15, 0.2) is 0 Å². The van der Waals surface area contributed by atoms with Crippen molar-refractivity contribution in [3.8, 4) is 5.75 Å². The third kappa shape index (κ3) is 2.90. The number of nitrogens with zero attached hydrogens (tertiary/aromatic N) is 2. The van der Waals surface area contributed by atoms with Crippen molar-refractivity contribution in [3.05, 3.63) is 18.2 Å². The molecule has 1 heterocycles. The van der Waals surface area contributed by atoms with Gasteiger partial charge in [-0.15, -0.1) is 0 Å². The molecule has 1 saturated carbocycles. The van der Waals surface area contributed by atoms with Gasteiger partial charge in [0.1, 0.15) is 5.75 Å². The van der Waals surface area contributed by atoms with Gasteiger partial charge in [0.2, 0.25) is 0 Å². The smallest absolute Gasteiger partial charge is 0.121 e. The first-order chi connectivity index (χ1) is 11.0. The summed E-state index contributed by atoms with van der Waals surface area (Å²) in [7, 11) is 0. The first kappa shape index (κ1) is 16.5. The minimum absolute atomic E-state index is 0.419. The minimum Gasteiger partial charge on any atom is -0.494 e. The van der Waals surface area contributed by atoms with Gasteiger partial charge in [-0.25, -0.2) is 0 Å². The summed E-state index contributed by atoms with van der Waals surface area (Å²) >= 11 is 0. The zero-order valence-corrected chi connectivity index (χ0v) is 15.4. The normalized spacial score (nSPS) is 22.3. The molecule has 3 nitrogen and oxygen atoms in total. The van der Waals surface area contributed by atoms with Crippen molar-refractivity contribution in [3.63, 3.8) is 0 Å². The van der Waals surface area contributed by atoms with Crippen LogP contribution >= 0.6 is 0 Å². The molecule has 2 aliphatic rings. The molecule has 128 valence electrons. The fraction of sp³-hybridized carbons (Fsp3) is 0.700.